The third-order valence-corrected chi connectivity index (χ3v) is 5.12. The second-order valence-electron chi connectivity index (χ2n) is 7.14. The Bertz CT molecular complexity index is 675. The Labute approximate surface area is 169 Å². The quantitative estimate of drug-likeness (QED) is 0.772. The molecule has 0 aliphatic carbocycles. The van der Waals surface area contributed by atoms with Gasteiger partial charge in [-0.25, -0.2) is 0 Å². The summed E-state index contributed by atoms with van der Waals surface area (Å²) >= 11 is 0. The molecular formula is C19H26ClF2N3O3. The number of hydrogen-bond acceptors (Lipinski definition) is 4. The molecule has 0 spiro atoms. The van der Waals surface area contributed by atoms with Crippen LogP contribution in [0.4, 0.5) is 14.5 Å². The monoisotopic (exact) mass is 417 g/mol. The van der Waals surface area contributed by atoms with Crippen LogP contribution in [0.15, 0.2) is 24.3 Å². The number of carbonyl (C=O) groups excluding carboxylic acids is 2. The summed E-state index contributed by atoms with van der Waals surface area (Å²) in [6, 6.07) is 5.72. The molecule has 2 aliphatic heterocycles. The largest absolute Gasteiger partial charge is 0.435 e. The summed E-state index contributed by atoms with van der Waals surface area (Å²) in [5.74, 6) is -0.262. The van der Waals surface area contributed by atoms with Gasteiger partial charge in [-0.05, 0) is 63.4 Å². The maximum absolute atomic E-state index is 12.8. The summed E-state index contributed by atoms with van der Waals surface area (Å²) in [6.45, 7) is 0.500. The van der Waals surface area contributed by atoms with Gasteiger partial charge in [0.25, 0.3) is 0 Å². The van der Waals surface area contributed by atoms with Crippen LogP contribution in [0.25, 0.3) is 0 Å². The van der Waals surface area contributed by atoms with Gasteiger partial charge in [-0.2, -0.15) is 8.78 Å². The zero-order valence-electron chi connectivity index (χ0n) is 15.7. The van der Waals surface area contributed by atoms with Gasteiger partial charge in [-0.3, -0.25) is 9.59 Å². The van der Waals surface area contributed by atoms with Gasteiger partial charge in [0.15, 0.2) is 0 Å². The van der Waals surface area contributed by atoms with E-state index in [4.69, 9.17) is 0 Å². The topological polar surface area (TPSA) is 70.7 Å². The fraction of sp³-hybridized carbons (Fsp3) is 0.579. The second-order valence-corrected chi connectivity index (χ2v) is 7.14. The third-order valence-electron chi connectivity index (χ3n) is 5.12. The lowest BCUT2D eigenvalue weighted by Gasteiger charge is -2.34. The van der Waals surface area contributed by atoms with Crippen molar-refractivity contribution >= 4 is 29.9 Å². The average molecular weight is 418 g/mol. The highest BCUT2D eigenvalue weighted by atomic mass is 35.5. The van der Waals surface area contributed by atoms with Gasteiger partial charge in [-0.1, -0.05) is 0 Å². The molecule has 3 rings (SSSR count). The summed E-state index contributed by atoms with van der Waals surface area (Å²) in [5.41, 5.74) is 0.607. The van der Waals surface area contributed by atoms with Crippen molar-refractivity contribution in [3.63, 3.8) is 0 Å². The van der Waals surface area contributed by atoms with Crippen molar-refractivity contribution in [2.45, 2.75) is 51.3 Å². The summed E-state index contributed by atoms with van der Waals surface area (Å²) in [4.78, 5) is 27.0. The van der Waals surface area contributed by atoms with E-state index in [0.29, 0.717) is 24.7 Å². The Morgan fingerprint density at radius 3 is 2.64 bits per heavy atom. The maximum atomic E-state index is 12.8. The highest BCUT2D eigenvalue weighted by Crippen LogP contribution is 2.25. The summed E-state index contributed by atoms with van der Waals surface area (Å²) < 4.78 is 28.8. The number of alkyl halides is 2. The lowest BCUT2D eigenvalue weighted by molar-refractivity contribution is -0.131. The molecule has 1 unspecified atom stereocenters. The number of piperidine rings is 2. The molecule has 9 heteroatoms. The zero-order chi connectivity index (χ0) is 19.4. The number of anilines is 1. The van der Waals surface area contributed by atoms with Crippen LogP contribution in [0.1, 0.15) is 32.6 Å². The van der Waals surface area contributed by atoms with Crippen LogP contribution in [-0.4, -0.2) is 43.6 Å². The van der Waals surface area contributed by atoms with Crippen molar-refractivity contribution in [1.29, 1.82) is 0 Å². The molecule has 0 aromatic heterocycles. The van der Waals surface area contributed by atoms with Crippen molar-refractivity contribution in [3.8, 4) is 5.75 Å². The predicted molar refractivity (Wildman–Crippen MR) is 104 cm³/mol. The lowest BCUT2D eigenvalue weighted by atomic mass is 9.92. The van der Waals surface area contributed by atoms with E-state index in [1.165, 1.54) is 12.1 Å². The predicted octanol–water partition coefficient (Wildman–Crippen LogP) is 2.71. The molecule has 2 amide bonds. The minimum absolute atomic E-state index is 0. The van der Waals surface area contributed by atoms with E-state index in [9.17, 15) is 18.4 Å². The molecule has 2 saturated heterocycles. The molecule has 1 aromatic carbocycles. The summed E-state index contributed by atoms with van der Waals surface area (Å²) in [7, 11) is 0. The van der Waals surface area contributed by atoms with Gasteiger partial charge in [0.1, 0.15) is 11.8 Å². The number of halogens is 3. The highest BCUT2D eigenvalue weighted by Gasteiger charge is 2.33. The third kappa shape index (κ3) is 5.54. The molecular weight excluding hydrogens is 392 g/mol. The molecule has 2 aliphatic rings. The van der Waals surface area contributed by atoms with E-state index in [1.54, 1.807) is 17.0 Å². The van der Waals surface area contributed by atoms with E-state index in [1.807, 2.05) is 6.92 Å². The second kappa shape index (κ2) is 10.0. The Morgan fingerprint density at radius 1 is 1.29 bits per heavy atom. The smallest absolute Gasteiger partial charge is 0.387 e. The van der Waals surface area contributed by atoms with Crippen molar-refractivity contribution in [2.75, 3.05) is 18.0 Å². The van der Waals surface area contributed by atoms with Crippen molar-refractivity contribution in [3.05, 3.63) is 24.3 Å². The molecule has 3 atom stereocenters. The molecule has 2 fully saturated rings. The standard InChI is InChI=1S/C19H25F2N3O3.ClH/c1-12-11-13(8-9-22-12)17(25)23-16-3-2-10-24(18(16)26)14-4-6-15(7-5-14)27-19(20)21;/h4-7,12-13,16,19,22H,2-3,8-11H2,1H3,(H,23,25);1H/t12-,13-,16?;/m0./s1. The van der Waals surface area contributed by atoms with Crippen molar-refractivity contribution in [2.24, 2.45) is 5.92 Å². The summed E-state index contributed by atoms with van der Waals surface area (Å²) in [6.07, 6.45) is 2.90. The Hall–Kier alpha value is -1.93. The average Bonchev–Trinajstić information content (AvgIpc) is 2.64. The van der Waals surface area contributed by atoms with Gasteiger partial charge in [-0.15, -0.1) is 12.4 Å². The first-order chi connectivity index (χ1) is 12.9. The van der Waals surface area contributed by atoms with Crippen LogP contribution in [0.5, 0.6) is 5.75 Å². The van der Waals surface area contributed by atoms with E-state index in [0.717, 1.165) is 25.8 Å². The van der Waals surface area contributed by atoms with Gasteiger partial charge >= 0.3 is 6.61 Å². The first-order valence-electron chi connectivity index (χ1n) is 9.34. The number of hydrogen-bond donors (Lipinski definition) is 2. The van der Waals surface area contributed by atoms with E-state index in [2.05, 4.69) is 15.4 Å². The molecule has 6 nitrogen and oxygen atoms in total. The fourth-order valence-electron chi connectivity index (χ4n) is 3.73. The van der Waals surface area contributed by atoms with Crippen LogP contribution in [-0.2, 0) is 9.59 Å². The van der Waals surface area contributed by atoms with Crippen LogP contribution < -0.4 is 20.3 Å². The van der Waals surface area contributed by atoms with Crippen LogP contribution >= 0.6 is 12.4 Å². The number of carbonyl (C=O) groups is 2. The van der Waals surface area contributed by atoms with E-state index >= 15 is 0 Å². The maximum Gasteiger partial charge on any atom is 0.387 e. The minimum Gasteiger partial charge on any atom is -0.435 e. The number of nitrogens with one attached hydrogen (secondary N) is 2. The van der Waals surface area contributed by atoms with Crippen LogP contribution in [0, 0.1) is 5.92 Å². The highest BCUT2D eigenvalue weighted by molar-refractivity contribution is 6.00. The molecule has 156 valence electrons. The normalized spacial score (nSPS) is 25.2. The Kier molecular flexibility index (Phi) is 8.00. The Morgan fingerprint density at radius 2 is 2.00 bits per heavy atom. The van der Waals surface area contributed by atoms with Crippen molar-refractivity contribution in [1.82, 2.24) is 10.6 Å². The van der Waals surface area contributed by atoms with Gasteiger partial charge in [0, 0.05) is 24.2 Å². The number of amides is 2. The zero-order valence-corrected chi connectivity index (χ0v) is 16.5. The first-order valence-corrected chi connectivity index (χ1v) is 9.34. The number of rotatable bonds is 5. The number of benzene rings is 1. The lowest BCUT2D eigenvalue weighted by Crippen LogP contribution is -2.54. The molecule has 0 radical (unpaired) electrons. The van der Waals surface area contributed by atoms with E-state index in [-0.39, 0.29) is 35.9 Å². The van der Waals surface area contributed by atoms with Gasteiger partial charge < -0.3 is 20.3 Å². The van der Waals surface area contributed by atoms with E-state index < -0.39 is 12.7 Å². The molecule has 0 bridgehead atoms. The number of ether oxygens (including phenoxy) is 1. The van der Waals surface area contributed by atoms with Crippen molar-refractivity contribution < 1.29 is 23.1 Å². The molecule has 2 N–H and O–H groups in total. The number of nitrogens with zero attached hydrogens (tertiary/aromatic N) is 1. The minimum atomic E-state index is -2.88. The van der Waals surface area contributed by atoms with Gasteiger partial charge in [0.05, 0.1) is 0 Å². The summed E-state index contributed by atoms with van der Waals surface area (Å²) in [5, 5.41) is 6.23. The molecule has 2 heterocycles. The SMILES string of the molecule is C[C@H]1C[C@@H](C(=O)NC2CCCN(c3ccc(OC(F)F)cc3)C2=O)CCN1.Cl. The molecule has 0 saturated carbocycles. The molecule has 1 aromatic rings. The molecule has 28 heavy (non-hydrogen) atoms. The fourth-order valence-corrected chi connectivity index (χ4v) is 3.73. The van der Waals surface area contributed by atoms with Crippen LogP contribution in [0.3, 0.4) is 0 Å². The van der Waals surface area contributed by atoms with Gasteiger partial charge in [0.2, 0.25) is 11.8 Å². The Balaban J connectivity index is 0.00000280. The first kappa shape index (κ1) is 22.4. The van der Waals surface area contributed by atoms with Crippen LogP contribution in [0.2, 0.25) is 0 Å².